The van der Waals surface area contributed by atoms with E-state index in [-0.39, 0.29) is 0 Å². The Morgan fingerprint density at radius 3 is 2.68 bits per heavy atom. The zero-order chi connectivity index (χ0) is 15.8. The lowest BCUT2D eigenvalue weighted by molar-refractivity contribution is 0.329. The van der Waals surface area contributed by atoms with E-state index in [1.54, 1.807) is 0 Å². The molecule has 4 nitrogen and oxygen atoms in total. The van der Waals surface area contributed by atoms with Crippen molar-refractivity contribution in [3.05, 3.63) is 35.9 Å². The van der Waals surface area contributed by atoms with E-state index in [9.17, 15) is 0 Å². The number of nitrogens with two attached hydrogens (primary N) is 1. The first-order valence-corrected chi connectivity index (χ1v) is 8.54. The molecular weight excluding hydrogens is 272 g/mol. The summed E-state index contributed by atoms with van der Waals surface area (Å²) in [5.74, 6) is 1.36. The summed E-state index contributed by atoms with van der Waals surface area (Å²) < 4.78 is 0. The maximum Gasteiger partial charge on any atom is 0.191 e. The molecule has 22 heavy (non-hydrogen) atoms. The van der Waals surface area contributed by atoms with Crippen molar-refractivity contribution in [3.8, 4) is 0 Å². The van der Waals surface area contributed by atoms with Gasteiger partial charge in [0.05, 0.1) is 0 Å². The molecule has 0 spiro atoms. The van der Waals surface area contributed by atoms with E-state index in [0.29, 0.717) is 11.9 Å². The quantitative estimate of drug-likeness (QED) is 0.620. The normalized spacial score (nSPS) is 19.5. The van der Waals surface area contributed by atoms with Gasteiger partial charge in [0.15, 0.2) is 5.96 Å². The summed E-state index contributed by atoms with van der Waals surface area (Å²) in [7, 11) is 0. The van der Waals surface area contributed by atoms with Crippen LogP contribution in [0.5, 0.6) is 0 Å². The zero-order valence-corrected chi connectivity index (χ0v) is 14.0. The minimum Gasteiger partial charge on any atom is -0.370 e. The number of rotatable bonds is 7. The Morgan fingerprint density at radius 2 is 2.00 bits per heavy atom. The van der Waals surface area contributed by atoms with Gasteiger partial charge in [0.1, 0.15) is 0 Å². The Kier molecular flexibility index (Phi) is 6.72. The van der Waals surface area contributed by atoms with Crippen LogP contribution >= 0.6 is 0 Å². The van der Waals surface area contributed by atoms with Crippen molar-refractivity contribution in [2.45, 2.75) is 26.7 Å². The van der Waals surface area contributed by atoms with Gasteiger partial charge in [-0.05, 0) is 44.7 Å². The predicted molar refractivity (Wildman–Crippen MR) is 94.1 cm³/mol. The van der Waals surface area contributed by atoms with Gasteiger partial charge in [0, 0.05) is 32.7 Å². The lowest BCUT2D eigenvalue weighted by Crippen LogP contribution is -2.37. The largest absolute Gasteiger partial charge is 0.370 e. The standard InChI is InChI=1S/C18H30N4/c1-3-22(4-2)18(19)20-14-17-11-13-21(15-17)12-10-16-8-6-5-7-9-16/h5-9,17H,3-4,10-15H2,1-2H3,(H2,19,20). The number of guanidine groups is 1. The second-order valence-corrected chi connectivity index (χ2v) is 6.06. The van der Waals surface area contributed by atoms with Gasteiger partial charge in [0.25, 0.3) is 0 Å². The van der Waals surface area contributed by atoms with E-state index in [2.05, 4.69) is 59.0 Å². The summed E-state index contributed by atoms with van der Waals surface area (Å²) in [5.41, 5.74) is 7.47. The maximum atomic E-state index is 6.05. The third-order valence-corrected chi connectivity index (χ3v) is 4.53. The van der Waals surface area contributed by atoms with E-state index in [1.807, 2.05) is 0 Å². The summed E-state index contributed by atoms with van der Waals surface area (Å²) in [4.78, 5) is 9.26. The first-order chi connectivity index (χ1) is 10.7. The van der Waals surface area contributed by atoms with E-state index in [4.69, 9.17) is 5.73 Å². The average molecular weight is 302 g/mol. The zero-order valence-electron chi connectivity index (χ0n) is 14.0. The van der Waals surface area contributed by atoms with E-state index < -0.39 is 0 Å². The summed E-state index contributed by atoms with van der Waals surface area (Å²) in [6, 6.07) is 10.7. The lowest BCUT2D eigenvalue weighted by Gasteiger charge is -2.20. The fourth-order valence-electron chi connectivity index (χ4n) is 3.07. The van der Waals surface area contributed by atoms with Gasteiger partial charge in [-0.1, -0.05) is 30.3 Å². The molecule has 0 bridgehead atoms. The topological polar surface area (TPSA) is 44.9 Å². The molecule has 1 aliphatic heterocycles. The minimum absolute atomic E-state index is 0.657. The number of aliphatic imine (C=N–C) groups is 1. The highest BCUT2D eigenvalue weighted by Gasteiger charge is 2.21. The highest BCUT2D eigenvalue weighted by atomic mass is 15.2. The summed E-state index contributed by atoms with van der Waals surface area (Å²) in [6.45, 7) is 10.5. The first-order valence-electron chi connectivity index (χ1n) is 8.54. The average Bonchev–Trinajstić information content (AvgIpc) is 3.01. The van der Waals surface area contributed by atoms with Crippen LogP contribution in [0.1, 0.15) is 25.8 Å². The van der Waals surface area contributed by atoms with Crippen LogP contribution < -0.4 is 5.73 Å². The van der Waals surface area contributed by atoms with Crippen molar-refractivity contribution >= 4 is 5.96 Å². The fraction of sp³-hybridized carbons (Fsp3) is 0.611. The molecule has 1 heterocycles. The fourth-order valence-corrected chi connectivity index (χ4v) is 3.07. The molecule has 0 amide bonds. The van der Waals surface area contributed by atoms with E-state index in [1.165, 1.54) is 18.5 Å². The second-order valence-electron chi connectivity index (χ2n) is 6.06. The molecule has 122 valence electrons. The molecule has 0 radical (unpaired) electrons. The van der Waals surface area contributed by atoms with Crippen LogP contribution in [0.4, 0.5) is 0 Å². The van der Waals surface area contributed by atoms with Crippen molar-refractivity contribution in [2.24, 2.45) is 16.6 Å². The van der Waals surface area contributed by atoms with Crippen LogP contribution in [-0.4, -0.2) is 55.0 Å². The van der Waals surface area contributed by atoms with Crippen LogP contribution in [0.3, 0.4) is 0 Å². The van der Waals surface area contributed by atoms with Crippen molar-refractivity contribution in [1.82, 2.24) is 9.80 Å². The number of hydrogen-bond acceptors (Lipinski definition) is 2. The Hall–Kier alpha value is -1.55. The molecule has 0 aliphatic carbocycles. The highest BCUT2D eigenvalue weighted by molar-refractivity contribution is 5.77. The summed E-state index contributed by atoms with van der Waals surface area (Å²) >= 11 is 0. The van der Waals surface area contributed by atoms with Gasteiger partial charge < -0.3 is 15.5 Å². The van der Waals surface area contributed by atoms with Crippen LogP contribution in [0.25, 0.3) is 0 Å². The van der Waals surface area contributed by atoms with Crippen LogP contribution in [0.15, 0.2) is 35.3 Å². The molecule has 1 atom stereocenters. The predicted octanol–water partition coefficient (Wildman–Crippen LogP) is 2.21. The van der Waals surface area contributed by atoms with E-state index >= 15 is 0 Å². The molecular formula is C18H30N4. The minimum atomic E-state index is 0.657. The molecule has 2 rings (SSSR count). The summed E-state index contributed by atoms with van der Waals surface area (Å²) in [5, 5.41) is 0. The van der Waals surface area contributed by atoms with Gasteiger partial charge in [0.2, 0.25) is 0 Å². The molecule has 0 aromatic heterocycles. The number of likely N-dealkylation sites (tertiary alicyclic amines) is 1. The monoisotopic (exact) mass is 302 g/mol. The highest BCUT2D eigenvalue weighted by Crippen LogP contribution is 2.17. The molecule has 1 unspecified atom stereocenters. The third-order valence-electron chi connectivity index (χ3n) is 4.53. The van der Waals surface area contributed by atoms with Gasteiger partial charge >= 0.3 is 0 Å². The van der Waals surface area contributed by atoms with Gasteiger partial charge in [-0.25, -0.2) is 0 Å². The Balaban J connectivity index is 1.72. The van der Waals surface area contributed by atoms with Crippen molar-refractivity contribution < 1.29 is 0 Å². The smallest absolute Gasteiger partial charge is 0.191 e. The molecule has 0 saturated carbocycles. The summed E-state index contributed by atoms with van der Waals surface area (Å²) in [6.07, 6.45) is 2.38. The number of benzene rings is 1. The first kappa shape index (κ1) is 16.8. The molecule has 1 saturated heterocycles. The third kappa shape index (κ3) is 5.02. The van der Waals surface area contributed by atoms with E-state index in [0.717, 1.165) is 39.1 Å². The molecule has 1 aromatic rings. The Bertz CT molecular complexity index is 453. The Labute approximate surface area is 135 Å². The van der Waals surface area contributed by atoms with Crippen molar-refractivity contribution in [3.63, 3.8) is 0 Å². The van der Waals surface area contributed by atoms with Crippen LogP contribution in [-0.2, 0) is 6.42 Å². The van der Waals surface area contributed by atoms with Crippen LogP contribution in [0, 0.1) is 5.92 Å². The number of hydrogen-bond donors (Lipinski definition) is 1. The lowest BCUT2D eigenvalue weighted by atomic mass is 10.1. The molecule has 1 aliphatic rings. The second kappa shape index (κ2) is 8.79. The van der Waals surface area contributed by atoms with Crippen LogP contribution in [0.2, 0.25) is 0 Å². The molecule has 1 aromatic carbocycles. The SMILES string of the molecule is CCN(CC)C(N)=NCC1CCN(CCc2ccccc2)C1. The molecule has 1 fully saturated rings. The van der Waals surface area contributed by atoms with Gasteiger partial charge in [-0.15, -0.1) is 0 Å². The van der Waals surface area contributed by atoms with Gasteiger partial charge in [-0.2, -0.15) is 0 Å². The number of nitrogens with zero attached hydrogens (tertiary/aromatic N) is 3. The van der Waals surface area contributed by atoms with Gasteiger partial charge in [-0.3, -0.25) is 4.99 Å². The maximum absolute atomic E-state index is 6.05. The van der Waals surface area contributed by atoms with Crippen molar-refractivity contribution in [1.29, 1.82) is 0 Å². The molecule has 2 N–H and O–H groups in total. The van der Waals surface area contributed by atoms with Crippen molar-refractivity contribution in [2.75, 3.05) is 39.3 Å². The Morgan fingerprint density at radius 1 is 1.27 bits per heavy atom. The molecule has 4 heteroatoms.